The van der Waals surface area contributed by atoms with Crippen LogP contribution in [0.15, 0.2) is 96.1 Å². The van der Waals surface area contributed by atoms with Crippen molar-refractivity contribution in [3.63, 3.8) is 0 Å². The predicted octanol–water partition coefficient (Wildman–Crippen LogP) is 0.910. The minimum atomic E-state index is -1.34. The highest BCUT2D eigenvalue weighted by Gasteiger charge is 2.39. The number of halogens is 1. The first-order valence-corrected chi connectivity index (χ1v) is 21.7. The SMILES string of the molecule is CC(=O)N[C@@H](Cc1ccc2ccccc2c1)C(=O)N[C@H](Cc1ccc(Cl)cc1)C(=O)N[C@H](Cc1ccccn1)C(=O)N[C@H](CCCN=C(N)N)C(=O)N1CCC[C@@H]1C(=O)N[C@@H](C)C(N)=O. The van der Waals surface area contributed by atoms with Gasteiger partial charge in [-0.15, -0.1) is 0 Å². The third-order valence-corrected chi connectivity index (χ3v) is 11.1. The number of amides is 7. The molecule has 1 aromatic heterocycles. The minimum Gasteiger partial charge on any atom is -0.370 e. The monoisotopic (exact) mass is 909 g/mol. The van der Waals surface area contributed by atoms with Crippen molar-refractivity contribution in [3.8, 4) is 0 Å². The molecular formula is C46H56ClN11O7. The zero-order valence-electron chi connectivity index (χ0n) is 36.3. The number of aromatic nitrogens is 1. The maximum absolute atomic E-state index is 14.5. The van der Waals surface area contributed by atoms with Crippen molar-refractivity contribution in [1.29, 1.82) is 0 Å². The second-order valence-electron chi connectivity index (χ2n) is 15.9. The summed E-state index contributed by atoms with van der Waals surface area (Å²) in [6.45, 7) is 3.05. The Kier molecular flexibility index (Phi) is 17.7. The van der Waals surface area contributed by atoms with Gasteiger partial charge in [-0.3, -0.25) is 43.5 Å². The quantitative estimate of drug-likeness (QED) is 0.0332. The number of nitrogens with two attached hydrogens (primary N) is 3. The molecule has 7 amide bonds. The zero-order valence-corrected chi connectivity index (χ0v) is 37.1. The Morgan fingerprint density at radius 3 is 1.97 bits per heavy atom. The summed E-state index contributed by atoms with van der Waals surface area (Å²) < 4.78 is 0. The normalized spacial score (nSPS) is 15.6. The molecule has 18 nitrogen and oxygen atoms in total. The Morgan fingerprint density at radius 1 is 0.738 bits per heavy atom. The second-order valence-corrected chi connectivity index (χ2v) is 16.4. The Bertz CT molecular complexity index is 2360. The summed E-state index contributed by atoms with van der Waals surface area (Å²) in [7, 11) is 0. The first-order valence-electron chi connectivity index (χ1n) is 21.3. The van der Waals surface area contributed by atoms with Gasteiger partial charge in [0.1, 0.15) is 36.3 Å². The number of carbonyl (C=O) groups excluding carboxylic acids is 7. The minimum absolute atomic E-state index is 0.0336. The largest absolute Gasteiger partial charge is 0.370 e. The van der Waals surface area contributed by atoms with Crippen LogP contribution in [0, 0.1) is 0 Å². The van der Waals surface area contributed by atoms with E-state index in [1.165, 1.54) is 24.9 Å². The van der Waals surface area contributed by atoms with Crippen molar-refractivity contribution in [1.82, 2.24) is 36.5 Å². The fraction of sp³-hybridized carbons (Fsp3) is 0.370. The van der Waals surface area contributed by atoms with E-state index >= 15 is 0 Å². The fourth-order valence-corrected chi connectivity index (χ4v) is 7.65. The van der Waals surface area contributed by atoms with Crippen molar-refractivity contribution < 1.29 is 33.6 Å². The molecular weight excluding hydrogens is 854 g/mol. The molecule has 2 heterocycles. The number of guanidine groups is 1. The van der Waals surface area contributed by atoms with E-state index < -0.39 is 77.6 Å². The van der Waals surface area contributed by atoms with Gasteiger partial charge in [0.05, 0.1) is 0 Å². The van der Waals surface area contributed by atoms with Gasteiger partial charge in [-0.25, -0.2) is 0 Å². The Labute approximate surface area is 381 Å². The van der Waals surface area contributed by atoms with Crippen LogP contribution in [0.2, 0.25) is 5.02 Å². The van der Waals surface area contributed by atoms with E-state index in [2.05, 4.69) is 36.6 Å². The van der Waals surface area contributed by atoms with E-state index in [1.54, 1.807) is 42.5 Å². The van der Waals surface area contributed by atoms with E-state index in [4.69, 9.17) is 28.8 Å². The van der Waals surface area contributed by atoms with E-state index in [0.717, 1.165) is 16.3 Å². The average Bonchev–Trinajstić information content (AvgIpc) is 3.78. The highest BCUT2D eigenvalue weighted by Crippen LogP contribution is 2.21. The number of carbonyl (C=O) groups is 7. The van der Waals surface area contributed by atoms with Crippen molar-refractivity contribution in [2.24, 2.45) is 22.2 Å². The van der Waals surface area contributed by atoms with E-state index in [-0.39, 0.29) is 51.2 Å². The maximum Gasteiger partial charge on any atom is 0.245 e. The lowest BCUT2D eigenvalue weighted by Crippen LogP contribution is -2.60. The van der Waals surface area contributed by atoms with Crippen LogP contribution >= 0.6 is 11.6 Å². The molecule has 0 aliphatic carbocycles. The number of rotatable bonds is 21. The number of nitrogens with zero attached hydrogens (tertiary/aromatic N) is 3. The molecule has 0 spiro atoms. The Balaban J connectivity index is 1.42. The van der Waals surface area contributed by atoms with Gasteiger partial charge < -0.3 is 48.7 Å². The molecule has 5 rings (SSSR count). The molecule has 6 atom stereocenters. The predicted molar refractivity (Wildman–Crippen MR) is 246 cm³/mol. The van der Waals surface area contributed by atoms with Crippen LogP contribution in [-0.2, 0) is 52.8 Å². The van der Waals surface area contributed by atoms with Gasteiger partial charge in [0, 0.05) is 56.2 Å². The van der Waals surface area contributed by atoms with Gasteiger partial charge in [0.2, 0.25) is 41.4 Å². The maximum atomic E-state index is 14.5. The van der Waals surface area contributed by atoms with E-state index in [9.17, 15) is 33.6 Å². The molecule has 344 valence electrons. The van der Waals surface area contributed by atoms with Gasteiger partial charge in [0.15, 0.2) is 5.96 Å². The number of likely N-dealkylation sites (tertiary alicyclic amines) is 1. The first kappa shape index (κ1) is 48.9. The highest BCUT2D eigenvalue weighted by molar-refractivity contribution is 6.30. The number of fused-ring (bicyclic) bond motifs is 1. The number of hydrogen-bond donors (Lipinski definition) is 8. The molecule has 1 aliphatic heterocycles. The van der Waals surface area contributed by atoms with Crippen molar-refractivity contribution in [2.75, 3.05) is 13.1 Å². The van der Waals surface area contributed by atoms with Crippen molar-refractivity contribution in [3.05, 3.63) is 113 Å². The van der Waals surface area contributed by atoms with Crippen LogP contribution in [0.25, 0.3) is 10.8 Å². The van der Waals surface area contributed by atoms with Crippen LogP contribution in [-0.4, -0.2) is 107 Å². The molecule has 0 radical (unpaired) electrons. The molecule has 1 aliphatic rings. The van der Waals surface area contributed by atoms with Crippen LogP contribution in [0.1, 0.15) is 56.4 Å². The Hall–Kier alpha value is -7.08. The molecule has 4 aromatic rings. The van der Waals surface area contributed by atoms with Crippen LogP contribution in [0.5, 0.6) is 0 Å². The molecule has 65 heavy (non-hydrogen) atoms. The van der Waals surface area contributed by atoms with Crippen molar-refractivity contribution >= 4 is 69.7 Å². The summed E-state index contributed by atoms with van der Waals surface area (Å²) in [5, 5.41) is 16.1. The third kappa shape index (κ3) is 14.7. The number of benzene rings is 3. The van der Waals surface area contributed by atoms with Gasteiger partial charge in [-0.05, 0) is 78.8 Å². The standard InChI is InChI=1S/C46H56ClN11O7/c1-27(40(48)60)53-44(64)39-13-8-22-58(39)45(65)35(12-7-21-52-46(49)50)55-43(63)38(26-34-11-5-6-20-51-34)57-42(62)37(24-29-15-18-33(47)19-16-29)56-41(61)36(54-28(2)59)25-30-14-17-31-9-3-4-10-32(31)23-30/h3-6,9-11,14-20,23,27,35-39H,7-8,12-13,21-22,24-26H2,1-2H3,(H2,48,60)(H,53,64)(H,54,59)(H,55,63)(H,56,61)(H,57,62)(H4,49,50,52)/t27-,35+,36-,37+,38+,39+/m0/s1. The molecule has 3 aromatic carbocycles. The molecule has 1 saturated heterocycles. The molecule has 0 saturated carbocycles. The van der Waals surface area contributed by atoms with Crippen LogP contribution in [0.3, 0.4) is 0 Å². The highest BCUT2D eigenvalue weighted by atomic mass is 35.5. The topological polar surface area (TPSA) is 286 Å². The number of nitrogens with one attached hydrogen (secondary N) is 5. The first-order chi connectivity index (χ1) is 31.1. The number of aliphatic imine (C=N–C) groups is 1. The van der Waals surface area contributed by atoms with Gasteiger partial charge in [-0.2, -0.15) is 0 Å². The lowest BCUT2D eigenvalue weighted by molar-refractivity contribution is -0.142. The average molecular weight is 910 g/mol. The van der Waals surface area contributed by atoms with Gasteiger partial charge in [0.25, 0.3) is 0 Å². The molecule has 0 bridgehead atoms. The fourth-order valence-electron chi connectivity index (χ4n) is 7.52. The van der Waals surface area contributed by atoms with Crippen molar-refractivity contribution in [2.45, 2.75) is 95.0 Å². The summed E-state index contributed by atoms with van der Waals surface area (Å²) >= 11 is 6.17. The summed E-state index contributed by atoms with van der Waals surface area (Å²) in [6, 6.07) is 18.4. The second kappa shape index (κ2) is 23.6. The summed E-state index contributed by atoms with van der Waals surface area (Å²) in [5.41, 5.74) is 18.3. The summed E-state index contributed by atoms with van der Waals surface area (Å²) in [4.78, 5) is 105. The molecule has 0 unspecified atom stereocenters. The van der Waals surface area contributed by atoms with Gasteiger partial charge in [-0.1, -0.05) is 72.3 Å². The lowest BCUT2D eigenvalue weighted by atomic mass is 9.99. The van der Waals surface area contributed by atoms with Gasteiger partial charge >= 0.3 is 0 Å². The lowest BCUT2D eigenvalue weighted by Gasteiger charge is -2.30. The van der Waals surface area contributed by atoms with E-state index in [0.29, 0.717) is 29.1 Å². The smallest absolute Gasteiger partial charge is 0.245 e. The van der Waals surface area contributed by atoms with Crippen LogP contribution < -0.4 is 43.8 Å². The summed E-state index contributed by atoms with van der Waals surface area (Å²) in [5.74, 6) is -4.65. The summed E-state index contributed by atoms with van der Waals surface area (Å²) in [6.07, 6.45) is 2.57. The Morgan fingerprint density at radius 2 is 1.34 bits per heavy atom. The van der Waals surface area contributed by atoms with E-state index in [1.807, 2.05) is 42.5 Å². The molecule has 19 heteroatoms. The van der Waals surface area contributed by atoms with Crippen LogP contribution in [0.4, 0.5) is 0 Å². The zero-order chi connectivity index (χ0) is 47.0. The third-order valence-electron chi connectivity index (χ3n) is 10.9. The number of primary amides is 1. The molecule has 1 fully saturated rings. The number of hydrogen-bond acceptors (Lipinski definition) is 9. The number of pyridine rings is 1. The molecule has 11 N–H and O–H groups in total.